The molecule has 1 aromatic carbocycles. The number of aromatic nitrogens is 2. The molecule has 1 aliphatic rings. The lowest BCUT2D eigenvalue weighted by Crippen LogP contribution is -2.48. The summed E-state index contributed by atoms with van der Waals surface area (Å²) < 4.78 is 31.9. The molecule has 1 aliphatic heterocycles. The lowest BCUT2D eigenvalue weighted by atomic mass is 10.0. The Bertz CT molecular complexity index is 958. The van der Waals surface area contributed by atoms with E-state index in [4.69, 9.17) is 4.52 Å². The lowest BCUT2D eigenvalue weighted by molar-refractivity contribution is 0.217. The van der Waals surface area contributed by atoms with E-state index in [0.29, 0.717) is 29.7 Å². The number of sulfonamides is 1. The van der Waals surface area contributed by atoms with Crippen LogP contribution in [0.1, 0.15) is 17.4 Å². The average molecular weight is 361 g/mol. The maximum atomic E-state index is 12.6. The first-order valence-electron chi connectivity index (χ1n) is 7.47. The van der Waals surface area contributed by atoms with Crippen molar-refractivity contribution in [2.45, 2.75) is 17.7 Å². The maximum Gasteiger partial charge on any atom is 0.243 e. The molecule has 1 fully saturated rings. The molecule has 0 saturated carbocycles. The van der Waals surface area contributed by atoms with Gasteiger partial charge >= 0.3 is 0 Å². The van der Waals surface area contributed by atoms with E-state index in [-0.39, 0.29) is 5.92 Å². The van der Waals surface area contributed by atoms with Crippen LogP contribution >= 0.6 is 11.3 Å². The fourth-order valence-corrected chi connectivity index (χ4v) is 4.90. The number of nitrogens with zero attached hydrogens (tertiary/aromatic N) is 3. The van der Waals surface area contributed by atoms with Crippen molar-refractivity contribution in [1.82, 2.24) is 14.4 Å². The van der Waals surface area contributed by atoms with Crippen molar-refractivity contribution in [3.05, 3.63) is 52.5 Å². The first-order valence-corrected chi connectivity index (χ1v) is 9.85. The van der Waals surface area contributed by atoms with Gasteiger partial charge in [-0.3, -0.25) is 0 Å². The Labute approximate surface area is 143 Å². The van der Waals surface area contributed by atoms with Gasteiger partial charge in [-0.25, -0.2) is 8.42 Å². The molecular formula is C16H15N3O3S2. The molecule has 0 amide bonds. The van der Waals surface area contributed by atoms with Crippen LogP contribution in [0.3, 0.4) is 0 Å². The summed E-state index contributed by atoms with van der Waals surface area (Å²) >= 11 is 1.57. The summed E-state index contributed by atoms with van der Waals surface area (Å²) in [6.07, 6.45) is 0. The van der Waals surface area contributed by atoms with Crippen LogP contribution in [0.2, 0.25) is 0 Å². The van der Waals surface area contributed by atoms with Crippen molar-refractivity contribution < 1.29 is 12.9 Å². The van der Waals surface area contributed by atoms with Crippen LogP contribution in [-0.4, -0.2) is 36.0 Å². The van der Waals surface area contributed by atoms with Crippen LogP contribution in [0.15, 0.2) is 50.5 Å². The lowest BCUT2D eigenvalue weighted by Gasteiger charge is -2.35. The Morgan fingerprint density at radius 1 is 1.29 bits per heavy atom. The van der Waals surface area contributed by atoms with Crippen molar-refractivity contribution >= 4 is 21.4 Å². The molecule has 0 bridgehead atoms. The smallest absolute Gasteiger partial charge is 0.243 e. The minimum atomic E-state index is -3.46. The van der Waals surface area contributed by atoms with Crippen molar-refractivity contribution in [2.75, 3.05) is 13.1 Å². The predicted octanol–water partition coefficient (Wildman–Crippen LogP) is 2.89. The Morgan fingerprint density at radius 2 is 2.12 bits per heavy atom. The normalized spacial score (nSPS) is 16.2. The highest BCUT2D eigenvalue weighted by molar-refractivity contribution is 7.89. The number of hydrogen-bond acceptors (Lipinski definition) is 6. The fraction of sp³-hybridized carbons (Fsp3) is 0.250. The van der Waals surface area contributed by atoms with Gasteiger partial charge in [0.1, 0.15) is 0 Å². The minimum Gasteiger partial charge on any atom is -0.339 e. The highest BCUT2D eigenvalue weighted by Gasteiger charge is 2.40. The molecule has 2 aromatic heterocycles. The van der Waals surface area contributed by atoms with Gasteiger partial charge in [-0.2, -0.15) is 20.6 Å². The van der Waals surface area contributed by atoms with Crippen LogP contribution in [-0.2, 0) is 10.0 Å². The van der Waals surface area contributed by atoms with Crippen LogP contribution in [0.5, 0.6) is 0 Å². The summed E-state index contributed by atoms with van der Waals surface area (Å²) in [6, 6.07) is 8.86. The molecule has 1 saturated heterocycles. The molecule has 0 atom stereocenters. The Hall–Kier alpha value is -2.03. The van der Waals surface area contributed by atoms with E-state index < -0.39 is 10.0 Å². The standard InChI is InChI=1S/C16H15N3O3S2/c1-11-3-2-4-14(7-11)24(20,21)19-8-13(9-19)16-17-15(18-22-16)12-5-6-23-10-12/h2-7,10,13H,8-9H2,1H3. The molecule has 8 heteroatoms. The van der Waals surface area contributed by atoms with E-state index >= 15 is 0 Å². The van der Waals surface area contributed by atoms with E-state index in [0.717, 1.165) is 11.1 Å². The second-order valence-corrected chi connectivity index (χ2v) is 8.52. The van der Waals surface area contributed by atoms with Gasteiger partial charge in [0.2, 0.25) is 21.7 Å². The summed E-state index contributed by atoms with van der Waals surface area (Å²) in [5.74, 6) is 0.989. The number of rotatable bonds is 4. The maximum absolute atomic E-state index is 12.6. The zero-order chi connectivity index (χ0) is 16.7. The molecule has 0 spiro atoms. The predicted molar refractivity (Wildman–Crippen MR) is 90.3 cm³/mol. The monoisotopic (exact) mass is 361 g/mol. The SMILES string of the molecule is Cc1cccc(S(=O)(=O)N2CC(c3nc(-c4ccsc4)no3)C2)c1. The molecular weight excluding hydrogens is 346 g/mol. The van der Waals surface area contributed by atoms with Gasteiger partial charge < -0.3 is 4.52 Å². The number of thiophene rings is 1. The molecule has 3 heterocycles. The van der Waals surface area contributed by atoms with E-state index in [1.165, 1.54) is 4.31 Å². The Kier molecular flexibility index (Phi) is 3.75. The van der Waals surface area contributed by atoms with Crippen molar-refractivity contribution in [3.8, 4) is 11.4 Å². The van der Waals surface area contributed by atoms with E-state index in [2.05, 4.69) is 10.1 Å². The first kappa shape index (κ1) is 15.5. The molecule has 124 valence electrons. The molecule has 0 N–H and O–H groups in total. The topological polar surface area (TPSA) is 76.3 Å². The molecule has 4 rings (SSSR count). The fourth-order valence-electron chi connectivity index (χ4n) is 2.63. The zero-order valence-electron chi connectivity index (χ0n) is 12.9. The zero-order valence-corrected chi connectivity index (χ0v) is 14.5. The van der Waals surface area contributed by atoms with Gasteiger partial charge in [-0.15, -0.1) is 0 Å². The Balaban J connectivity index is 1.48. The summed E-state index contributed by atoms with van der Waals surface area (Å²) in [5.41, 5.74) is 1.84. The Morgan fingerprint density at radius 3 is 2.83 bits per heavy atom. The van der Waals surface area contributed by atoms with Crippen molar-refractivity contribution in [3.63, 3.8) is 0 Å². The van der Waals surface area contributed by atoms with E-state index in [9.17, 15) is 8.42 Å². The third-order valence-electron chi connectivity index (χ3n) is 4.05. The van der Waals surface area contributed by atoms with Gasteiger partial charge in [-0.05, 0) is 36.1 Å². The first-order chi connectivity index (χ1) is 11.5. The number of aryl methyl sites for hydroxylation is 1. The average Bonchev–Trinajstić information content (AvgIpc) is 3.16. The minimum absolute atomic E-state index is 0.0514. The summed E-state index contributed by atoms with van der Waals surface area (Å²) in [5, 5.41) is 7.87. The highest BCUT2D eigenvalue weighted by Crippen LogP contribution is 2.32. The summed E-state index contributed by atoms with van der Waals surface area (Å²) in [4.78, 5) is 4.71. The van der Waals surface area contributed by atoms with Crippen LogP contribution in [0.4, 0.5) is 0 Å². The largest absolute Gasteiger partial charge is 0.339 e. The molecule has 3 aromatic rings. The van der Waals surface area contributed by atoms with Crippen LogP contribution in [0, 0.1) is 6.92 Å². The van der Waals surface area contributed by atoms with Gasteiger partial charge in [0.15, 0.2) is 0 Å². The highest BCUT2D eigenvalue weighted by atomic mass is 32.2. The third kappa shape index (κ3) is 2.66. The van der Waals surface area contributed by atoms with Gasteiger partial charge in [-0.1, -0.05) is 17.3 Å². The van der Waals surface area contributed by atoms with E-state index in [1.807, 2.05) is 29.8 Å². The second-order valence-electron chi connectivity index (χ2n) is 5.80. The molecule has 0 aliphatic carbocycles. The molecule has 0 unspecified atom stereocenters. The van der Waals surface area contributed by atoms with Crippen molar-refractivity contribution in [1.29, 1.82) is 0 Å². The van der Waals surface area contributed by atoms with Crippen LogP contribution in [0.25, 0.3) is 11.4 Å². The van der Waals surface area contributed by atoms with Gasteiger partial charge in [0, 0.05) is 24.0 Å². The summed E-state index contributed by atoms with van der Waals surface area (Å²) in [7, 11) is -3.46. The molecule has 0 radical (unpaired) electrons. The quantitative estimate of drug-likeness (QED) is 0.714. The molecule has 24 heavy (non-hydrogen) atoms. The number of benzene rings is 1. The number of hydrogen-bond donors (Lipinski definition) is 0. The summed E-state index contributed by atoms with van der Waals surface area (Å²) in [6.45, 7) is 2.60. The van der Waals surface area contributed by atoms with Gasteiger partial charge in [0.25, 0.3) is 0 Å². The molecule has 6 nitrogen and oxygen atoms in total. The van der Waals surface area contributed by atoms with Crippen molar-refractivity contribution in [2.24, 2.45) is 0 Å². The van der Waals surface area contributed by atoms with E-state index in [1.54, 1.807) is 29.5 Å². The third-order valence-corrected chi connectivity index (χ3v) is 6.56. The van der Waals surface area contributed by atoms with Gasteiger partial charge in [0.05, 0.1) is 10.8 Å². The van der Waals surface area contributed by atoms with Crippen LogP contribution < -0.4 is 0 Å². The second kappa shape index (κ2) is 5.80.